The van der Waals surface area contributed by atoms with Crippen molar-refractivity contribution in [3.8, 4) is 5.75 Å². The molecular weight excluding hydrogens is 240 g/mol. The Balaban J connectivity index is 2.07. The summed E-state index contributed by atoms with van der Waals surface area (Å²) in [5.41, 5.74) is 0.174. The summed E-state index contributed by atoms with van der Waals surface area (Å²) >= 11 is 5.84. The average molecular weight is 255 g/mol. The molecule has 1 saturated carbocycles. The van der Waals surface area contributed by atoms with Gasteiger partial charge in [0.25, 0.3) is 0 Å². The van der Waals surface area contributed by atoms with Crippen molar-refractivity contribution in [2.45, 2.75) is 25.7 Å². The Kier molecular flexibility index (Phi) is 3.89. The molecule has 0 amide bonds. The second kappa shape index (κ2) is 5.41. The Morgan fingerprint density at radius 1 is 1.41 bits per heavy atom. The number of ether oxygens (including phenoxy) is 1. The molecule has 0 heterocycles. The van der Waals surface area contributed by atoms with Crippen molar-refractivity contribution in [2.75, 3.05) is 6.61 Å². The van der Waals surface area contributed by atoms with Gasteiger partial charge in [0.1, 0.15) is 11.3 Å². The number of hydrogen-bond donors (Lipinski definition) is 1. The van der Waals surface area contributed by atoms with Gasteiger partial charge >= 0.3 is 5.97 Å². The third-order valence-corrected chi connectivity index (χ3v) is 3.36. The van der Waals surface area contributed by atoms with Crippen LogP contribution in [0.15, 0.2) is 18.2 Å². The van der Waals surface area contributed by atoms with Crippen LogP contribution >= 0.6 is 11.6 Å². The molecule has 0 saturated heterocycles. The molecule has 2 rings (SSSR count). The number of carboxylic acid groups (broad SMARTS) is 1. The highest BCUT2D eigenvalue weighted by molar-refractivity contribution is 6.30. The molecule has 1 aromatic carbocycles. The number of halogens is 1. The minimum Gasteiger partial charge on any atom is -0.492 e. The number of carbonyl (C=O) groups is 1. The molecule has 1 N–H and O–H groups in total. The fraction of sp³-hybridized carbons (Fsp3) is 0.462. The first-order chi connectivity index (χ1) is 8.16. The third-order valence-electron chi connectivity index (χ3n) is 3.12. The van der Waals surface area contributed by atoms with Crippen LogP contribution in [0.3, 0.4) is 0 Å². The zero-order valence-corrected chi connectivity index (χ0v) is 10.2. The smallest absolute Gasteiger partial charge is 0.339 e. The molecule has 0 spiro atoms. The fourth-order valence-corrected chi connectivity index (χ4v) is 2.34. The lowest BCUT2D eigenvalue weighted by Gasteiger charge is -2.13. The Morgan fingerprint density at radius 3 is 2.76 bits per heavy atom. The van der Waals surface area contributed by atoms with Crippen LogP contribution in [0.5, 0.6) is 5.75 Å². The molecule has 0 aromatic heterocycles. The minimum absolute atomic E-state index is 0.174. The Hall–Kier alpha value is -1.22. The predicted molar refractivity (Wildman–Crippen MR) is 65.9 cm³/mol. The van der Waals surface area contributed by atoms with Gasteiger partial charge in [-0.2, -0.15) is 0 Å². The van der Waals surface area contributed by atoms with Crippen LogP contribution in [0.4, 0.5) is 0 Å². The molecule has 1 aliphatic carbocycles. The van der Waals surface area contributed by atoms with Crippen molar-refractivity contribution in [1.82, 2.24) is 0 Å². The summed E-state index contributed by atoms with van der Waals surface area (Å²) < 4.78 is 5.60. The standard InChI is InChI=1S/C13H15ClO3/c14-10-5-6-11(13(15)16)12(7-10)17-8-9-3-1-2-4-9/h5-7,9H,1-4,8H2,(H,15,16). The highest BCUT2D eigenvalue weighted by Gasteiger charge is 2.17. The molecule has 0 unspecified atom stereocenters. The van der Waals surface area contributed by atoms with E-state index in [1.165, 1.54) is 31.7 Å². The van der Waals surface area contributed by atoms with E-state index in [0.29, 0.717) is 23.3 Å². The normalized spacial score (nSPS) is 16.1. The van der Waals surface area contributed by atoms with Crippen LogP contribution in [0.2, 0.25) is 5.02 Å². The van der Waals surface area contributed by atoms with Crippen molar-refractivity contribution in [1.29, 1.82) is 0 Å². The lowest BCUT2D eigenvalue weighted by Crippen LogP contribution is -2.10. The predicted octanol–water partition coefficient (Wildman–Crippen LogP) is 3.61. The van der Waals surface area contributed by atoms with Crippen LogP contribution in [-0.2, 0) is 0 Å². The Labute approximate surface area is 105 Å². The summed E-state index contributed by atoms with van der Waals surface area (Å²) in [6.45, 7) is 0.584. The third kappa shape index (κ3) is 3.13. The maximum atomic E-state index is 11.0. The van der Waals surface area contributed by atoms with E-state index in [1.807, 2.05) is 0 Å². The first-order valence-corrected chi connectivity index (χ1v) is 6.20. The van der Waals surface area contributed by atoms with Gasteiger partial charge in [0, 0.05) is 5.02 Å². The first-order valence-electron chi connectivity index (χ1n) is 5.82. The molecule has 4 heteroatoms. The number of carboxylic acids is 1. The molecule has 1 aliphatic rings. The van der Waals surface area contributed by atoms with E-state index in [9.17, 15) is 4.79 Å². The van der Waals surface area contributed by atoms with Crippen LogP contribution in [0.1, 0.15) is 36.0 Å². The SMILES string of the molecule is O=C(O)c1ccc(Cl)cc1OCC1CCCC1. The molecule has 17 heavy (non-hydrogen) atoms. The summed E-state index contributed by atoms with van der Waals surface area (Å²) in [4.78, 5) is 11.0. The van der Waals surface area contributed by atoms with E-state index in [1.54, 1.807) is 12.1 Å². The van der Waals surface area contributed by atoms with Gasteiger partial charge in [0.15, 0.2) is 0 Å². The van der Waals surface area contributed by atoms with E-state index in [0.717, 1.165) is 0 Å². The van der Waals surface area contributed by atoms with E-state index in [-0.39, 0.29) is 5.56 Å². The van der Waals surface area contributed by atoms with Crippen LogP contribution in [0.25, 0.3) is 0 Å². The molecular formula is C13H15ClO3. The topological polar surface area (TPSA) is 46.5 Å². The van der Waals surface area contributed by atoms with E-state index >= 15 is 0 Å². The number of aromatic carboxylic acids is 1. The molecule has 0 bridgehead atoms. The largest absolute Gasteiger partial charge is 0.492 e. The summed E-state index contributed by atoms with van der Waals surface area (Å²) in [7, 11) is 0. The minimum atomic E-state index is -0.983. The van der Waals surface area contributed by atoms with Crippen molar-refractivity contribution < 1.29 is 14.6 Å². The summed E-state index contributed by atoms with van der Waals surface area (Å²) in [5.74, 6) is -0.0596. The maximum absolute atomic E-state index is 11.0. The number of hydrogen-bond acceptors (Lipinski definition) is 2. The van der Waals surface area contributed by atoms with Crippen molar-refractivity contribution in [3.63, 3.8) is 0 Å². The van der Waals surface area contributed by atoms with Gasteiger partial charge < -0.3 is 9.84 Å². The number of benzene rings is 1. The Morgan fingerprint density at radius 2 is 2.12 bits per heavy atom. The van der Waals surface area contributed by atoms with Gasteiger partial charge in [-0.3, -0.25) is 0 Å². The molecule has 1 fully saturated rings. The van der Waals surface area contributed by atoms with Gasteiger partial charge in [0.05, 0.1) is 6.61 Å². The quantitative estimate of drug-likeness (QED) is 0.893. The van der Waals surface area contributed by atoms with Crippen LogP contribution in [-0.4, -0.2) is 17.7 Å². The zero-order chi connectivity index (χ0) is 12.3. The molecule has 1 aromatic rings. The summed E-state index contributed by atoms with van der Waals surface area (Å²) in [5, 5.41) is 9.52. The Bertz CT molecular complexity index is 411. The van der Waals surface area contributed by atoms with Crippen molar-refractivity contribution >= 4 is 17.6 Å². The van der Waals surface area contributed by atoms with Gasteiger partial charge in [-0.25, -0.2) is 4.79 Å². The van der Waals surface area contributed by atoms with Crippen LogP contribution < -0.4 is 4.74 Å². The van der Waals surface area contributed by atoms with E-state index in [2.05, 4.69) is 0 Å². The highest BCUT2D eigenvalue weighted by atomic mass is 35.5. The summed E-state index contributed by atoms with van der Waals surface area (Å²) in [6.07, 6.45) is 4.83. The van der Waals surface area contributed by atoms with E-state index < -0.39 is 5.97 Å². The summed E-state index contributed by atoms with van der Waals surface area (Å²) in [6, 6.07) is 4.61. The van der Waals surface area contributed by atoms with Crippen molar-refractivity contribution in [2.24, 2.45) is 5.92 Å². The second-order valence-electron chi connectivity index (χ2n) is 4.41. The number of rotatable bonds is 4. The molecule has 0 aliphatic heterocycles. The van der Waals surface area contributed by atoms with Crippen LogP contribution in [0, 0.1) is 5.92 Å². The van der Waals surface area contributed by atoms with Gasteiger partial charge in [0.2, 0.25) is 0 Å². The zero-order valence-electron chi connectivity index (χ0n) is 9.49. The van der Waals surface area contributed by atoms with Gasteiger partial charge in [-0.05, 0) is 37.0 Å². The second-order valence-corrected chi connectivity index (χ2v) is 4.84. The monoisotopic (exact) mass is 254 g/mol. The molecule has 0 radical (unpaired) electrons. The van der Waals surface area contributed by atoms with Crippen molar-refractivity contribution in [3.05, 3.63) is 28.8 Å². The average Bonchev–Trinajstić information content (AvgIpc) is 2.78. The highest BCUT2D eigenvalue weighted by Crippen LogP contribution is 2.28. The lowest BCUT2D eigenvalue weighted by atomic mass is 10.1. The maximum Gasteiger partial charge on any atom is 0.339 e. The fourth-order valence-electron chi connectivity index (χ4n) is 2.18. The molecule has 92 valence electrons. The van der Waals surface area contributed by atoms with Gasteiger partial charge in [-0.15, -0.1) is 0 Å². The molecule has 0 atom stereocenters. The first kappa shape index (κ1) is 12.2. The van der Waals surface area contributed by atoms with E-state index in [4.69, 9.17) is 21.4 Å². The van der Waals surface area contributed by atoms with Gasteiger partial charge in [-0.1, -0.05) is 24.4 Å². The molecule has 3 nitrogen and oxygen atoms in total. The lowest BCUT2D eigenvalue weighted by molar-refractivity contribution is 0.0691.